The van der Waals surface area contributed by atoms with Crippen LogP contribution in [0.5, 0.6) is 0 Å². The second kappa shape index (κ2) is 9.54. The molecule has 3 heterocycles. The number of aromatic nitrogens is 2. The van der Waals surface area contributed by atoms with Crippen LogP contribution in [-0.4, -0.2) is 57.6 Å². The Morgan fingerprint density at radius 1 is 1.25 bits per heavy atom. The number of amides is 1. The first-order valence-corrected chi connectivity index (χ1v) is 10.1. The van der Waals surface area contributed by atoms with Crippen LogP contribution in [0.15, 0.2) is 22.0 Å². The molecule has 2 aromatic heterocycles. The van der Waals surface area contributed by atoms with Crippen LogP contribution in [0.4, 0.5) is 0 Å². The molecule has 1 aliphatic heterocycles. The van der Waals surface area contributed by atoms with Crippen LogP contribution in [0, 0.1) is 0 Å². The van der Waals surface area contributed by atoms with Gasteiger partial charge in [0.2, 0.25) is 17.6 Å². The lowest BCUT2D eigenvalue weighted by Gasteiger charge is -2.39. The molecule has 1 aliphatic carbocycles. The van der Waals surface area contributed by atoms with E-state index in [0.29, 0.717) is 24.8 Å². The smallest absolute Gasteiger partial charge is 0.244 e. The third-order valence-corrected chi connectivity index (χ3v) is 6.48. The lowest BCUT2D eigenvalue weighted by Crippen LogP contribution is -2.58. The summed E-state index contributed by atoms with van der Waals surface area (Å²) in [7, 11) is 0. The first-order valence-electron chi connectivity index (χ1n) is 9.27. The standard InChI is InChI=1S/C18H25N5O2S.2ClH/c1-13(16-20-15(21-25-16)14-5-4-12-26-14)22-8-10-23(11-9-22)17(24)18(19)6-2-3-7-18;;/h4-5,12-13H,2-3,6-11,19H2,1H3;2*1H. The highest BCUT2D eigenvalue weighted by atomic mass is 35.5. The van der Waals surface area contributed by atoms with Crippen LogP contribution in [0.2, 0.25) is 0 Å². The molecule has 2 fully saturated rings. The van der Waals surface area contributed by atoms with Crippen molar-refractivity contribution in [3.8, 4) is 10.7 Å². The van der Waals surface area contributed by atoms with Crippen LogP contribution >= 0.6 is 36.2 Å². The van der Waals surface area contributed by atoms with Gasteiger partial charge in [-0.1, -0.05) is 24.1 Å². The van der Waals surface area contributed by atoms with Crippen molar-refractivity contribution in [3.63, 3.8) is 0 Å². The summed E-state index contributed by atoms with van der Waals surface area (Å²) in [6.45, 7) is 5.06. The Morgan fingerprint density at radius 3 is 2.54 bits per heavy atom. The molecule has 1 unspecified atom stereocenters. The maximum absolute atomic E-state index is 12.7. The molecule has 1 saturated carbocycles. The lowest BCUT2D eigenvalue weighted by atomic mass is 9.96. The minimum absolute atomic E-state index is 0. The Bertz CT molecular complexity index is 756. The number of piperazine rings is 1. The summed E-state index contributed by atoms with van der Waals surface area (Å²) in [5, 5.41) is 6.10. The van der Waals surface area contributed by atoms with Crippen molar-refractivity contribution in [1.82, 2.24) is 19.9 Å². The summed E-state index contributed by atoms with van der Waals surface area (Å²) in [4.78, 5) is 22.5. The highest BCUT2D eigenvalue weighted by molar-refractivity contribution is 7.13. The predicted molar refractivity (Wildman–Crippen MR) is 114 cm³/mol. The van der Waals surface area contributed by atoms with E-state index in [-0.39, 0.29) is 36.8 Å². The van der Waals surface area contributed by atoms with Crippen molar-refractivity contribution in [1.29, 1.82) is 0 Å². The van der Waals surface area contributed by atoms with Crippen molar-refractivity contribution in [2.75, 3.05) is 26.2 Å². The third-order valence-electron chi connectivity index (χ3n) is 5.61. The Kier molecular flexibility index (Phi) is 7.87. The molecule has 28 heavy (non-hydrogen) atoms. The molecule has 1 atom stereocenters. The fraction of sp³-hybridized carbons (Fsp3) is 0.611. The average Bonchev–Trinajstić information content (AvgIpc) is 3.41. The zero-order valence-corrected chi connectivity index (χ0v) is 18.3. The average molecular weight is 448 g/mol. The van der Waals surface area contributed by atoms with E-state index in [2.05, 4.69) is 22.0 Å². The molecule has 1 saturated heterocycles. The van der Waals surface area contributed by atoms with E-state index in [1.165, 1.54) is 0 Å². The van der Waals surface area contributed by atoms with Crippen LogP contribution in [0.1, 0.15) is 44.5 Å². The van der Waals surface area contributed by atoms with Crippen LogP contribution in [0.25, 0.3) is 10.7 Å². The molecule has 2 N–H and O–H groups in total. The number of rotatable bonds is 4. The Balaban J connectivity index is 0.00000140. The molecule has 2 aliphatic rings. The highest BCUT2D eigenvalue weighted by Crippen LogP contribution is 2.30. The quantitative estimate of drug-likeness (QED) is 0.773. The number of thiophene rings is 1. The molecule has 1 amide bonds. The summed E-state index contributed by atoms with van der Waals surface area (Å²) in [6.07, 6.45) is 3.75. The maximum Gasteiger partial charge on any atom is 0.244 e. The van der Waals surface area contributed by atoms with Crippen LogP contribution < -0.4 is 5.73 Å². The molecule has 0 aromatic carbocycles. The van der Waals surface area contributed by atoms with Crippen molar-refractivity contribution in [2.45, 2.75) is 44.2 Å². The minimum atomic E-state index is -0.629. The second-order valence-electron chi connectivity index (χ2n) is 7.30. The molecule has 0 spiro atoms. The highest BCUT2D eigenvalue weighted by Gasteiger charge is 2.41. The van der Waals surface area contributed by atoms with E-state index in [1.54, 1.807) is 11.3 Å². The number of carbonyl (C=O) groups is 1. The third kappa shape index (κ3) is 4.52. The van der Waals surface area contributed by atoms with Gasteiger partial charge in [-0.25, -0.2) is 0 Å². The van der Waals surface area contributed by atoms with E-state index in [4.69, 9.17) is 10.3 Å². The van der Waals surface area contributed by atoms with E-state index in [0.717, 1.165) is 43.6 Å². The molecular formula is C18H27Cl2N5O2S. The van der Waals surface area contributed by atoms with Gasteiger partial charge in [-0.15, -0.1) is 36.2 Å². The molecular weight excluding hydrogens is 421 g/mol. The number of hydrogen-bond acceptors (Lipinski definition) is 7. The summed E-state index contributed by atoms with van der Waals surface area (Å²) >= 11 is 1.60. The van der Waals surface area contributed by atoms with Gasteiger partial charge in [0.05, 0.1) is 16.5 Å². The summed E-state index contributed by atoms with van der Waals surface area (Å²) in [5.74, 6) is 1.39. The van der Waals surface area contributed by atoms with Gasteiger partial charge in [0.15, 0.2) is 0 Å². The van der Waals surface area contributed by atoms with Crippen molar-refractivity contribution in [3.05, 3.63) is 23.4 Å². The van der Waals surface area contributed by atoms with Gasteiger partial charge >= 0.3 is 0 Å². The normalized spacial score (nSPS) is 20.3. The number of hydrogen-bond donors (Lipinski definition) is 1. The van der Waals surface area contributed by atoms with Gasteiger partial charge in [0.25, 0.3) is 0 Å². The first kappa shape index (κ1) is 23.1. The molecule has 7 nitrogen and oxygen atoms in total. The topological polar surface area (TPSA) is 88.5 Å². The lowest BCUT2D eigenvalue weighted by molar-refractivity contribution is -0.139. The zero-order chi connectivity index (χ0) is 18.1. The molecule has 4 rings (SSSR count). The number of carbonyl (C=O) groups excluding carboxylic acids is 1. The molecule has 10 heteroatoms. The molecule has 0 bridgehead atoms. The van der Waals surface area contributed by atoms with E-state index >= 15 is 0 Å². The van der Waals surface area contributed by atoms with Gasteiger partial charge < -0.3 is 15.2 Å². The van der Waals surface area contributed by atoms with E-state index < -0.39 is 5.54 Å². The predicted octanol–water partition coefficient (Wildman–Crippen LogP) is 3.12. The fourth-order valence-electron chi connectivity index (χ4n) is 3.91. The number of halogens is 2. The Hall–Kier alpha value is -1.19. The van der Waals surface area contributed by atoms with Gasteiger partial charge in [-0.3, -0.25) is 9.69 Å². The van der Waals surface area contributed by atoms with Crippen molar-refractivity contribution in [2.24, 2.45) is 5.73 Å². The number of nitrogens with two attached hydrogens (primary N) is 1. The summed E-state index contributed by atoms with van der Waals surface area (Å²) in [5.41, 5.74) is 5.70. The first-order chi connectivity index (χ1) is 12.6. The maximum atomic E-state index is 12.7. The van der Waals surface area contributed by atoms with Gasteiger partial charge in [0.1, 0.15) is 0 Å². The number of nitrogens with zero attached hydrogens (tertiary/aromatic N) is 4. The van der Waals surface area contributed by atoms with Crippen molar-refractivity contribution < 1.29 is 9.32 Å². The largest absolute Gasteiger partial charge is 0.339 e. The second-order valence-corrected chi connectivity index (χ2v) is 8.25. The van der Waals surface area contributed by atoms with Crippen LogP contribution in [-0.2, 0) is 4.79 Å². The van der Waals surface area contributed by atoms with Gasteiger partial charge in [-0.2, -0.15) is 4.98 Å². The van der Waals surface area contributed by atoms with E-state index in [9.17, 15) is 4.79 Å². The monoisotopic (exact) mass is 447 g/mol. The molecule has 156 valence electrons. The van der Waals surface area contributed by atoms with Gasteiger partial charge in [0, 0.05) is 26.2 Å². The fourth-order valence-corrected chi connectivity index (χ4v) is 4.56. The zero-order valence-electron chi connectivity index (χ0n) is 15.9. The Labute approximate surface area is 181 Å². The van der Waals surface area contributed by atoms with Gasteiger partial charge in [-0.05, 0) is 31.2 Å². The minimum Gasteiger partial charge on any atom is -0.339 e. The molecule has 0 radical (unpaired) electrons. The summed E-state index contributed by atoms with van der Waals surface area (Å²) in [6, 6.07) is 4.00. The SMILES string of the molecule is CC(c1nc(-c2cccs2)no1)N1CCN(C(=O)C2(N)CCCC2)CC1.Cl.Cl. The summed E-state index contributed by atoms with van der Waals surface area (Å²) < 4.78 is 5.48. The van der Waals surface area contributed by atoms with Crippen molar-refractivity contribution >= 4 is 42.1 Å². The van der Waals surface area contributed by atoms with Crippen LogP contribution in [0.3, 0.4) is 0 Å². The molecule has 2 aromatic rings. The van der Waals surface area contributed by atoms with E-state index in [1.807, 2.05) is 22.4 Å². The Morgan fingerprint density at radius 2 is 1.93 bits per heavy atom.